The van der Waals surface area contributed by atoms with E-state index in [4.69, 9.17) is 9.47 Å². The van der Waals surface area contributed by atoms with E-state index in [1.807, 2.05) is 18.2 Å². The van der Waals surface area contributed by atoms with Crippen molar-refractivity contribution in [3.05, 3.63) is 53.1 Å². The van der Waals surface area contributed by atoms with Gasteiger partial charge in [0.25, 0.3) is 11.6 Å². The van der Waals surface area contributed by atoms with Gasteiger partial charge in [-0.2, -0.15) is 0 Å². The molecule has 2 aromatic rings. The van der Waals surface area contributed by atoms with Gasteiger partial charge in [-0.25, -0.2) is 9.48 Å². The number of aliphatic hydroxyl groups is 1. The second-order valence-electron chi connectivity index (χ2n) is 8.08. The van der Waals surface area contributed by atoms with Crippen molar-refractivity contribution < 1.29 is 19.2 Å². The summed E-state index contributed by atoms with van der Waals surface area (Å²) < 4.78 is 13.6. The lowest BCUT2D eigenvalue weighted by atomic mass is 10.0. The number of anilines is 1. The Hall–Kier alpha value is -2.53. The Morgan fingerprint density at radius 3 is 2.68 bits per heavy atom. The van der Waals surface area contributed by atoms with Crippen LogP contribution in [0.3, 0.4) is 0 Å². The molecular weight excluding hydrogens is 352 g/mol. The van der Waals surface area contributed by atoms with Gasteiger partial charge in [0.15, 0.2) is 18.0 Å². The molecule has 5 rings (SSSR count). The number of amidine groups is 1. The highest BCUT2D eigenvalue weighted by Crippen LogP contribution is 2.40. The van der Waals surface area contributed by atoms with Crippen molar-refractivity contribution in [3.63, 3.8) is 0 Å². The molecule has 146 valence electrons. The first-order valence-electron chi connectivity index (χ1n) is 10.2. The fraction of sp³-hybridized carbons (Fsp3) is 0.435. The van der Waals surface area contributed by atoms with E-state index in [2.05, 4.69) is 41.5 Å². The van der Waals surface area contributed by atoms with Gasteiger partial charge in [0.2, 0.25) is 0 Å². The molecule has 2 aromatic carbocycles. The highest BCUT2D eigenvalue weighted by molar-refractivity contribution is 5.96. The van der Waals surface area contributed by atoms with Crippen LogP contribution in [0, 0.1) is 13.8 Å². The van der Waals surface area contributed by atoms with Crippen molar-refractivity contribution in [1.82, 2.24) is 0 Å². The maximum Gasteiger partial charge on any atom is 0.271 e. The predicted molar refractivity (Wildman–Crippen MR) is 109 cm³/mol. The van der Waals surface area contributed by atoms with Crippen LogP contribution in [0.4, 0.5) is 5.69 Å². The van der Waals surface area contributed by atoms with Crippen LogP contribution >= 0.6 is 0 Å². The second-order valence-corrected chi connectivity index (χ2v) is 8.08. The zero-order valence-corrected chi connectivity index (χ0v) is 16.6. The summed E-state index contributed by atoms with van der Waals surface area (Å²) in [6.07, 6.45) is 3.24. The number of fused-ring (bicyclic) bond motifs is 1. The lowest BCUT2D eigenvalue weighted by Crippen LogP contribution is -2.41. The molecule has 1 atom stereocenters. The lowest BCUT2D eigenvalue weighted by molar-refractivity contribution is -0.661. The van der Waals surface area contributed by atoms with E-state index < -0.39 is 5.72 Å². The molecule has 0 radical (unpaired) electrons. The molecule has 0 saturated heterocycles. The van der Waals surface area contributed by atoms with Crippen LogP contribution in [0.5, 0.6) is 11.5 Å². The van der Waals surface area contributed by atoms with E-state index in [9.17, 15) is 5.11 Å². The van der Waals surface area contributed by atoms with Gasteiger partial charge < -0.3 is 14.6 Å². The van der Waals surface area contributed by atoms with Crippen molar-refractivity contribution in [1.29, 1.82) is 0 Å². The van der Waals surface area contributed by atoms with E-state index in [-0.39, 0.29) is 0 Å². The molecule has 0 aromatic heterocycles. The SMILES string of the molecule is Cc1ccc(C)c(N2C[C@](O)(c3ccc4c(c3)OCCO4)[N+]3=C2CCCC3)c1. The zero-order chi connectivity index (χ0) is 19.3. The Morgan fingerprint density at radius 2 is 1.82 bits per heavy atom. The minimum absolute atomic E-state index is 0.520. The Bertz CT molecular complexity index is 968. The Morgan fingerprint density at radius 1 is 1.00 bits per heavy atom. The number of benzene rings is 2. The minimum Gasteiger partial charge on any atom is -0.486 e. The maximum atomic E-state index is 11.9. The normalized spacial score (nSPS) is 23.8. The monoisotopic (exact) mass is 379 g/mol. The van der Waals surface area contributed by atoms with Gasteiger partial charge in [0.05, 0.1) is 6.54 Å². The standard InChI is InChI=1S/C23H27N2O3/c1-16-6-7-17(2)19(13-16)24-15-23(26,25-10-4-3-5-22(24)25)18-8-9-20-21(14-18)28-12-11-27-20/h6-9,13-14,26H,3-5,10-12,15H2,1-2H3/q+1/t23-/m0/s1. The summed E-state index contributed by atoms with van der Waals surface area (Å²) in [5.74, 6) is 2.70. The predicted octanol–water partition coefficient (Wildman–Crippen LogP) is 3.33. The highest BCUT2D eigenvalue weighted by Gasteiger charge is 2.53. The Kier molecular flexibility index (Phi) is 4.09. The summed E-state index contributed by atoms with van der Waals surface area (Å²) in [7, 11) is 0. The summed E-state index contributed by atoms with van der Waals surface area (Å²) in [4.78, 5) is 2.32. The van der Waals surface area contributed by atoms with Crippen LogP contribution in [0.15, 0.2) is 36.4 Å². The number of ether oxygens (including phenoxy) is 2. The van der Waals surface area contributed by atoms with Gasteiger partial charge >= 0.3 is 0 Å². The molecule has 3 aliphatic rings. The van der Waals surface area contributed by atoms with Crippen molar-refractivity contribution in [2.75, 3.05) is 31.2 Å². The summed E-state index contributed by atoms with van der Waals surface area (Å²) >= 11 is 0. The third kappa shape index (κ3) is 2.68. The van der Waals surface area contributed by atoms with E-state index in [1.165, 1.54) is 22.6 Å². The average molecular weight is 379 g/mol. The van der Waals surface area contributed by atoms with Gasteiger partial charge in [-0.15, -0.1) is 0 Å². The largest absolute Gasteiger partial charge is 0.486 e. The number of β-amino-alcohol motifs (C(OH)–C–C–N with tert-alkyl or cyclic N) is 1. The van der Waals surface area contributed by atoms with Crippen molar-refractivity contribution in [3.8, 4) is 11.5 Å². The van der Waals surface area contributed by atoms with Crippen molar-refractivity contribution in [2.45, 2.75) is 38.8 Å². The smallest absolute Gasteiger partial charge is 0.271 e. The number of aryl methyl sites for hydroxylation is 2. The maximum absolute atomic E-state index is 11.9. The first-order chi connectivity index (χ1) is 13.6. The van der Waals surface area contributed by atoms with Gasteiger partial charge in [-0.1, -0.05) is 12.1 Å². The van der Waals surface area contributed by atoms with Crippen LogP contribution in [0.1, 0.15) is 36.0 Å². The molecule has 0 spiro atoms. The summed E-state index contributed by atoms with van der Waals surface area (Å²) in [6.45, 7) is 6.76. The van der Waals surface area contributed by atoms with E-state index in [0.29, 0.717) is 19.8 Å². The lowest BCUT2D eigenvalue weighted by Gasteiger charge is -2.26. The third-order valence-electron chi connectivity index (χ3n) is 6.14. The van der Waals surface area contributed by atoms with Crippen molar-refractivity contribution >= 4 is 11.5 Å². The van der Waals surface area contributed by atoms with Gasteiger partial charge in [-0.05, 0) is 62.1 Å². The molecular formula is C23H27N2O3+. The van der Waals surface area contributed by atoms with Gasteiger partial charge in [-0.3, -0.25) is 0 Å². The molecule has 5 nitrogen and oxygen atoms in total. The summed E-state index contributed by atoms with van der Waals surface area (Å²) in [5, 5.41) is 11.9. The molecule has 0 amide bonds. The molecule has 28 heavy (non-hydrogen) atoms. The van der Waals surface area contributed by atoms with Crippen LogP contribution < -0.4 is 14.4 Å². The molecule has 0 aliphatic carbocycles. The molecule has 0 unspecified atom stereocenters. The minimum atomic E-state index is -1.07. The fourth-order valence-corrected chi connectivity index (χ4v) is 4.67. The van der Waals surface area contributed by atoms with Gasteiger partial charge in [0, 0.05) is 12.0 Å². The third-order valence-corrected chi connectivity index (χ3v) is 6.14. The molecule has 0 bridgehead atoms. The zero-order valence-electron chi connectivity index (χ0n) is 16.6. The molecule has 0 saturated carbocycles. The van der Waals surface area contributed by atoms with E-state index in [1.54, 1.807) is 0 Å². The highest BCUT2D eigenvalue weighted by atomic mass is 16.6. The van der Waals surface area contributed by atoms with E-state index in [0.717, 1.165) is 42.9 Å². The Balaban J connectivity index is 1.60. The molecule has 5 heteroatoms. The van der Waals surface area contributed by atoms with Crippen LogP contribution in [0.25, 0.3) is 0 Å². The number of hydrogen-bond donors (Lipinski definition) is 1. The van der Waals surface area contributed by atoms with Crippen LogP contribution in [0.2, 0.25) is 0 Å². The summed E-state index contributed by atoms with van der Waals surface area (Å²) in [5.41, 5.74) is 3.45. The van der Waals surface area contributed by atoms with Crippen LogP contribution in [-0.2, 0) is 5.72 Å². The second kappa shape index (κ2) is 6.52. The molecule has 3 heterocycles. The first-order valence-corrected chi connectivity index (χ1v) is 10.2. The fourth-order valence-electron chi connectivity index (χ4n) is 4.67. The quantitative estimate of drug-likeness (QED) is 0.813. The van der Waals surface area contributed by atoms with E-state index >= 15 is 0 Å². The Labute approximate surface area is 165 Å². The molecule has 0 fully saturated rings. The molecule has 3 aliphatic heterocycles. The first kappa shape index (κ1) is 17.6. The summed E-state index contributed by atoms with van der Waals surface area (Å²) in [6, 6.07) is 12.4. The van der Waals surface area contributed by atoms with Crippen molar-refractivity contribution in [2.24, 2.45) is 0 Å². The van der Waals surface area contributed by atoms with Crippen LogP contribution in [-0.4, -0.2) is 41.8 Å². The number of rotatable bonds is 2. The number of hydrogen-bond acceptors (Lipinski definition) is 4. The molecule has 1 N–H and O–H groups in total. The van der Waals surface area contributed by atoms with Gasteiger partial charge in [0.1, 0.15) is 18.9 Å². The number of nitrogens with zero attached hydrogens (tertiary/aromatic N) is 2. The average Bonchev–Trinajstić information content (AvgIpc) is 3.03. The topological polar surface area (TPSA) is 44.9 Å².